The second kappa shape index (κ2) is 9.25. The van der Waals surface area contributed by atoms with E-state index in [0.717, 1.165) is 58.6 Å². The van der Waals surface area contributed by atoms with Crippen molar-refractivity contribution in [2.75, 3.05) is 23.4 Å². The lowest BCUT2D eigenvalue weighted by molar-refractivity contribution is -0.384. The van der Waals surface area contributed by atoms with Crippen molar-refractivity contribution in [2.45, 2.75) is 25.4 Å². The Bertz CT molecular complexity index is 1120. The summed E-state index contributed by atoms with van der Waals surface area (Å²) in [5, 5.41) is 18.2. The Hall–Kier alpha value is -2.99. The number of thiophene rings is 1. The average molecular weight is 482 g/mol. The molecule has 2 aromatic heterocycles. The van der Waals surface area contributed by atoms with Crippen LogP contribution in [0.25, 0.3) is 10.6 Å². The van der Waals surface area contributed by atoms with Gasteiger partial charge in [0.2, 0.25) is 0 Å². The normalized spacial score (nSPS) is 14.8. The Morgan fingerprint density at radius 1 is 1.22 bits per heavy atom. The SMILES string of the molecule is O=[N+]([O-])c1cc(C(F)(F)F)ccc1NN=Cc1sc(N2CCCCC2)nc1-c1cccs1. The quantitative estimate of drug-likeness (QED) is 0.256. The summed E-state index contributed by atoms with van der Waals surface area (Å²) < 4.78 is 38.7. The fourth-order valence-corrected chi connectivity index (χ4v) is 5.13. The highest BCUT2D eigenvalue weighted by atomic mass is 32.1. The van der Waals surface area contributed by atoms with Gasteiger partial charge in [-0.15, -0.1) is 11.3 Å². The topological polar surface area (TPSA) is 83.7 Å². The van der Waals surface area contributed by atoms with Gasteiger partial charge in [-0.1, -0.05) is 17.4 Å². The van der Waals surface area contributed by atoms with E-state index in [-0.39, 0.29) is 5.69 Å². The zero-order valence-corrected chi connectivity index (χ0v) is 18.3. The van der Waals surface area contributed by atoms with Crippen molar-refractivity contribution in [3.63, 3.8) is 0 Å². The molecule has 0 unspecified atom stereocenters. The van der Waals surface area contributed by atoms with Gasteiger partial charge in [0, 0.05) is 19.2 Å². The lowest BCUT2D eigenvalue weighted by atomic mass is 10.1. The summed E-state index contributed by atoms with van der Waals surface area (Å²) in [6, 6.07) is 6.15. The minimum atomic E-state index is -4.67. The Morgan fingerprint density at radius 2 is 2.00 bits per heavy atom. The first-order valence-corrected chi connectivity index (χ1v) is 11.5. The smallest absolute Gasteiger partial charge is 0.348 e. The molecule has 12 heteroatoms. The molecule has 1 aromatic carbocycles. The molecule has 32 heavy (non-hydrogen) atoms. The number of benzene rings is 1. The number of nitrogens with one attached hydrogen (secondary N) is 1. The molecule has 0 spiro atoms. The number of aromatic nitrogens is 1. The lowest BCUT2D eigenvalue weighted by Gasteiger charge is -2.25. The molecule has 1 fully saturated rings. The summed E-state index contributed by atoms with van der Waals surface area (Å²) >= 11 is 3.00. The molecular formula is C20H18F3N5O2S2. The first-order valence-electron chi connectivity index (χ1n) is 9.77. The maximum Gasteiger partial charge on any atom is 0.416 e. The summed E-state index contributed by atoms with van der Waals surface area (Å²) in [4.78, 5) is 19.1. The Kier molecular flexibility index (Phi) is 6.42. The predicted octanol–water partition coefficient (Wildman–Crippen LogP) is 6.23. The summed E-state index contributed by atoms with van der Waals surface area (Å²) in [7, 11) is 0. The van der Waals surface area contributed by atoms with Gasteiger partial charge in [-0.3, -0.25) is 15.5 Å². The molecule has 3 aromatic rings. The van der Waals surface area contributed by atoms with Crippen LogP contribution in [0.5, 0.6) is 0 Å². The standard InChI is InChI=1S/C20H18F3N5O2S2/c21-20(22,23)13-6-7-14(15(11-13)28(29)30)26-24-12-17-18(16-5-4-10-31-16)25-19(32-17)27-8-2-1-3-9-27/h4-7,10-12,26H,1-3,8-9H2. The zero-order valence-electron chi connectivity index (χ0n) is 16.6. The van der Waals surface area contributed by atoms with Crippen LogP contribution in [0.1, 0.15) is 29.7 Å². The molecule has 1 aliphatic rings. The molecule has 1 N–H and O–H groups in total. The number of hydrogen-bond donors (Lipinski definition) is 1. The van der Waals surface area contributed by atoms with Crippen LogP contribution in [0.4, 0.5) is 29.7 Å². The summed E-state index contributed by atoms with van der Waals surface area (Å²) in [6.07, 6.45) is 0.244. The zero-order chi connectivity index (χ0) is 22.7. The fourth-order valence-electron chi connectivity index (χ4n) is 3.33. The maximum absolute atomic E-state index is 12.9. The summed E-state index contributed by atoms with van der Waals surface area (Å²) in [5.41, 5.74) is 1.36. The second-order valence-electron chi connectivity index (χ2n) is 7.09. The molecule has 7 nitrogen and oxygen atoms in total. The van der Waals surface area contributed by atoms with Gasteiger partial charge in [-0.25, -0.2) is 4.98 Å². The highest BCUT2D eigenvalue weighted by Crippen LogP contribution is 2.36. The van der Waals surface area contributed by atoms with Crippen molar-refractivity contribution in [1.29, 1.82) is 0 Å². The van der Waals surface area contributed by atoms with Crippen LogP contribution in [0, 0.1) is 10.1 Å². The van der Waals surface area contributed by atoms with E-state index in [9.17, 15) is 23.3 Å². The third-order valence-corrected chi connectivity index (χ3v) is 6.84. The number of hydrazone groups is 1. The van der Waals surface area contributed by atoms with Gasteiger partial charge in [0.25, 0.3) is 5.69 Å². The van der Waals surface area contributed by atoms with Gasteiger partial charge < -0.3 is 4.90 Å². The highest BCUT2D eigenvalue weighted by molar-refractivity contribution is 7.18. The summed E-state index contributed by atoms with van der Waals surface area (Å²) in [5.74, 6) is 0. The molecule has 3 heterocycles. The van der Waals surface area contributed by atoms with Crippen molar-refractivity contribution < 1.29 is 18.1 Å². The Balaban J connectivity index is 1.61. The van der Waals surface area contributed by atoms with E-state index in [1.807, 2.05) is 17.5 Å². The number of hydrogen-bond acceptors (Lipinski definition) is 8. The lowest BCUT2D eigenvalue weighted by Crippen LogP contribution is -2.29. The monoisotopic (exact) mass is 481 g/mol. The van der Waals surface area contributed by atoms with Crippen LogP contribution in [0.15, 0.2) is 40.8 Å². The van der Waals surface area contributed by atoms with E-state index in [2.05, 4.69) is 15.4 Å². The first-order chi connectivity index (χ1) is 15.3. The highest BCUT2D eigenvalue weighted by Gasteiger charge is 2.33. The van der Waals surface area contributed by atoms with Crippen LogP contribution in [-0.2, 0) is 6.18 Å². The molecule has 168 valence electrons. The number of rotatable bonds is 6. The summed E-state index contributed by atoms with van der Waals surface area (Å²) in [6.45, 7) is 1.87. The number of thiazole rings is 1. The fraction of sp³-hybridized carbons (Fsp3) is 0.300. The van der Waals surface area contributed by atoms with Gasteiger partial charge in [0.1, 0.15) is 11.4 Å². The minimum absolute atomic E-state index is 0.127. The molecule has 0 atom stereocenters. The van der Waals surface area contributed by atoms with E-state index in [1.165, 1.54) is 35.3 Å². The molecular weight excluding hydrogens is 463 g/mol. The molecule has 1 saturated heterocycles. The van der Waals surface area contributed by atoms with E-state index < -0.39 is 22.4 Å². The van der Waals surface area contributed by atoms with Crippen molar-refractivity contribution in [2.24, 2.45) is 5.10 Å². The van der Waals surface area contributed by atoms with Crippen molar-refractivity contribution in [3.8, 4) is 10.6 Å². The number of nitrogens with zero attached hydrogens (tertiary/aromatic N) is 4. The van der Waals surface area contributed by atoms with E-state index in [0.29, 0.717) is 6.07 Å². The van der Waals surface area contributed by atoms with E-state index in [4.69, 9.17) is 4.98 Å². The van der Waals surface area contributed by atoms with E-state index >= 15 is 0 Å². The van der Waals surface area contributed by atoms with E-state index in [1.54, 1.807) is 0 Å². The number of nitro groups is 1. The molecule has 0 radical (unpaired) electrons. The Morgan fingerprint density at radius 3 is 2.66 bits per heavy atom. The molecule has 1 aliphatic heterocycles. The van der Waals surface area contributed by atoms with Gasteiger partial charge in [0.05, 0.1) is 26.5 Å². The van der Waals surface area contributed by atoms with Gasteiger partial charge >= 0.3 is 6.18 Å². The van der Waals surface area contributed by atoms with Crippen LogP contribution in [0.3, 0.4) is 0 Å². The number of nitro benzene ring substituents is 1. The number of halogens is 3. The first kappa shape index (κ1) is 22.2. The maximum atomic E-state index is 12.9. The number of anilines is 2. The predicted molar refractivity (Wildman–Crippen MR) is 121 cm³/mol. The molecule has 0 aliphatic carbocycles. The van der Waals surface area contributed by atoms with Gasteiger partial charge in [-0.2, -0.15) is 18.3 Å². The van der Waals surface area contributed by atoms with Crippen molar-refractivity contribution in [1.82, 2.24) is 4.98 Å². The van der Waals surface area contributed by atoms with Gasteiger partial charge in [0.15, 0.2) is 5.13 Å². The molecule has 0 saturated carbocycles. The third kappa shape index (κ3) is 4.91. The van der Waals surface area contributed by atoms with Crippen LogP contribution in [-0.4, -0.2) is 29.2 Å². The third-order valence-electron chi connectivity index (χ3n) is 4.91. The average Bonchev–Trinajstić information content (AvgIpc) is 3.43. The van der Waals surface area contributed by atoms with Crippen molar-refractivity contribution >= 4 is 45.4 Å². The van der Waals surface area contributed by atoms with Crippen LogP contribution < -0.4 is 10.3 Å². The second-order valence-corrected chi connectivity index (χ2v) is 9.05. The van der Waals surface area contributed by atoms with Gasteiger partial charge in [-0.05, 0) is 42.8 Å². The Labute approximate surface area is 189 Å². The van der Waals surface area contributed by atoms with Crippen LogP contribution in [0.2, 0.25) is 0 Å². The van der Waals surface area contributed by atoms with Crippen molar-refractivity contribution in [3.05, 3.63) is 56.3 Å². The largest absolute Gasteiger partial charge is 0.416 e. The number of piperidine rings is 1. The molecule has 0 amide bonds. The number of alkyl halides is 3. The molecule has 0 bridgehead atoms. The molecule has 4 rings (SSSR count). The van der Waals surface area contributed by atoms with Crippen LogP contribution >= 0.6 is 22.7 Å². The minimum Gasteiger partial charge on any atom is -0.348 e.